The van der Waals surface area contributed by atoms with E-state index in [2.05, 4.69) is 31.9 Å². The van der Waals surface area contributed by atoms with Gasteiger partial charge in [-0.3, -0.25) is 9.59 Å². The molecule has 0 radical (unpaired) electrons. The molecule has 0 saturated carbocycles. The van der Waals surface area contributed by atoms with Gasteiger partial charge in [0.15, 0.2) is 0 Å². The zero-order valence-electron chi connectivity index (χ0n) is 10.0. The number of benzene rings is 1. The van der Waals surface area contributed by atoms with E-state index in [1.54, 1.807) is 25.2 Å². The lowest BCUT2D eigenvalue weighted by Crippen LogP contribution is -2.25. The Bertz CT molecular complexity index is 440. The SMILES string of the molecule is CNCC(=O)Nc1cc(Br)ccc1NC(C)=O.Cl. The van der Waals surface area contributed by atoms with E-state index in [0.717, 1.165) is 4.47 Å². The molecular weight excluding hydrogens is 321 g/mol. The van der Waals surface area contributed by atoms with Gasteiger partial charge in [-0.1, -0.05) is 15.9 Å². The van der Waals surface area contributed by atoms with Crippen molar-refractivity contribution in [3.8, 4) is 0 Å². The molecule has 7 heteroatoms. The van der Waals surface area contributed by atoms with Gasteiger partial charge in [-0.2, -0.15) is 0 Å². The van der Waals surface area contributed by atoms with Crippen LogP contribution in [0.4, 0.5) is 11.4 Å². The minimum absolute atomic E-state index is 0. The third kappa shape index (κ3) is 5.48. The maximum atomic E-state index is 11.5. The molecule has 0 saturated heterocycles. The number of carbonyl (C=O) groups is 2. The number of carbonyl (C=O) groups excluding carboxylic acids is 2. The molecule has 0 spiro atoms. The van der Waals surface area contributed by atoms with E-state index in [-0.39, 0.29) is 30.8 Å². The number of nitrogens with one attached hydrogen (secondary N) is 3. The fraction of sp³-hybridized carbons (Fsp3) is 0.273. The van der Waals surface area contributed by atoms with Gasteiger partial charge in [0.1, 0.15) is 0 Å². The van der Waals surface area contributed by atoms with Crippen molar-refractivity contribution in [2.24, 2.45) is 0 Å². The topological polar surface area (TPSA) is 70.2 Å². The zero-order chi connectivity index (χ0) is 12.8. The van der Waals surface area contributed by atoms with Gasteiger partial charge in [0.25, 0.3) is 0 Å². The second-order valence-corrected chi connectivity index (χ2v) is 4.37. The largest absolute Gasteiger partial charge is 0.325 e. The quantitative estimate of drug-likeness (QED) is 0.787. The predicted octanol–water partition coefficient (Wildman–Crippen LogP) is 1.99. The van der Waals surface area contributed by atoms with Crippen molar-refractivity contribution >= 4 is 51.5 Å². The summed E-state index contributed by atoms with van der Waals surface area (Å²) < 4.78 is 0.825. The first-order chi connectivity index (χ1) is 8.02. The van der Waals surface area contributed by atoms with Crippen LogP contribution in [0.15, 0.2) is 22.7 Å². The van der Waals surface area contributed by atoms with Crippen LogP contribution in [0.2, 0.25) is 0 Å². The molecule has 0 aromatic heterocycles. The highest BCUT2D eigenvalue weighted by atomic mass is 79.9. The van der Waals surface area contributed by atoms with Crippen molar-refractivity contribution in [2.75, 3.05) is 24.2 Å². The summed E-state index contributed by atoms with van der Waals surface area (Å²) in [5.41, 5.74) is 1.14. The summed E-state index contributed by atoms with van der Waals surface area (Å²) in [5, 5.41) is 8.12. The smallest absolute Gasteiger partial charge is 0.238 e. The van der Waals surface area contributed by atoms with Crippen LogP contribution in [0.3, 0.4) is 0 Å². The number of hydrogen-bond donors (Lipinski definition) is 3. The molecular formula is C11H15BrClN3O2. The van der Waals surface area contributed by atoms with Crippen LogP contribution < -0.4 is 16.0 Å². The number of likely N-dealkylation sites (N-methyl/N-ethyl adjacent to an activating group) is 1. The van der Waals surface area contributed by atoms with E-state index < -0.39 is 0 Å². The average Bonchev–Trinajstić information content (AvgIpc) is 2.22. The Morgan fingerprint density at radius 1 is 1.22 bits per heavy atom. The molecule has 1 aromatic carbocycles. The monoisotopic (exact) mass is 335 g/mol. The Hall–Kier alpha value is -1.11. The highest BCUT2D eigenvalue weighted by Gasteiger charge is 2.08. The van der Waals surface area contributed by atoms with E-state index in [1.807, 2.05) is 0 Å². The van der Waals surface area contributed by atoms with Crippen LogP contribution in [0.25, 0.3) is 0 Å². The Morgan fingerprint density at radius 3 is 2.44 bits per heavy atom. The fourth-order valence-corrected chi connectivity index (χ4v) is 1.63. The van der Waals surface area contributed by atoms with Gasteiger partial charge in [-0.25, -0.2) is 0 Å². The summed E-state index contributed by atoms with van der Waals surface area (Å²) in [6, 6.07) is 5.25. The Balaban J connectivity index is 0.00000289. The average molecular weight is 337 g/mol. The summed E-state index contributed by atoms with van der Waals surface area (Å²) in [4.78, 5) is 22.5. The second kappa shape index (κ2) is 8.07. The van der Waals surface area contributed by atoms with Crippen molar-refractivity contribution in [2.45, 2.75) is 6.92 Å². The second-order valence-electron chi connectivity index (χ2n) is 3.45. The molecule has 0 aliphatic rings. The summed E-state index contributed by atoms with van der Waals surface area (Å²) >= 11 is 3.31. The predicted molar refractivity (Wildman–Crippen MR) is 78.3 cm³/mol. The van der Waals surface area contributed by atoms with Gasteiger partial charge in [-0.05, 0) is 25.2 Å². The van der Waals surface area contributed by atoms with Gasteiger partial charge in [0.2, 0.25) is 11.8 Å². The molecule has 100 valence electrons. The lowest BCUT2D eigenvalue weighted by molar-refractivity contribution is -0.115. The molecule has 0 atom stereocenters. The van der Waals surface area contributed by atoms with Crippen molar-refractivity contribution in [3.63, 3.8) is 0 Å². The normalized spacial score (nSPS) is 9.28. The molecule has 0 unspecified atom stereocenters. The van der Waals surface area contributed by atoms with E-state index in [4.69, 9.17) is 0 Å². The molecule has 1 rings (SSSR count). The lowest BCUT2D eigenvalue weighted by atomic mass is 10.2. The molecule has 0 fully saturated rings. The Morgan fingerprint density at radius 2 is 1.89 bits per heavy atom. The number of rotatable bonds is 4. The van der Waals surface area contributed by atoms with E-state index in [1.165, 1.54) is 6.92 Å². The molecule has 0 aliphatic heterocycles. The first-order valence-corrected chi connectivity index (χ1v) is 5.84. The van der Waals surface area contributed by atoms with E-state index >= 15 is 0 Å². The first-order valence-electron chi connectivity index (χ1n) is 5.04. The number of amides is 2. The summed E-state index contributed by atoms with van der Waals surface area (Å²) in [6.45, 7) is 1.63. The molecule has 18 heavy (non-hydrogen) atoms. The van der Waals surface area contributed by atoms with Crippen LogP contribution in [-0.4, -0.2) is 25.4 Å². The third-order valence-corrected chi connectivity index (χ3v) is 2.40. The van der Waals surface area contributed by atoms with Crippen LogP contribution in [0.5, 0.6) is 0 Å². The lowest BCUT2D eigenvalue weighted by Gasteiger charge is -2.11. The number of hydrogen-bond acceptors (Lipinski definition) is 3. The van der Waals surface area contributed by atoms with Gasteiger partial charge in [0.05, 0.1) is 17.9 Å². The standard InChI is InChI=1S/C11H14BrN3O2.ClH/c1-7(16)14-9-4-3-8(12)5-10(9)15-11(17)6-13-2;/h3-5,13H,6H2,1-2H3,(H,14,16)(H,15,17);1H. The minimum Gasteiger partial charge on any atom is -0.325 e. The Labute approximate surface area is 120 Å². The highest BCUT2D eigenvalue weighted by Crippen LogP contribution is 2.25. The maximum Gasteiger partial charge on any atom is 0.238 e. The molecule has 0 heterocycles. The number of halogens is 2. The van der Waals surface area contributed by atoms with E-state index in [0.29, 0.717) is 11.4 Å². The first kappa shape index (κ1) is 16.9. The van der Waals surface area contributed by atoms with Crippen molar-refractivity contribution in [1.29, 1.82) is 0 Å². The van der Waals surface area contributed by atoms with E-state index in [9.17, 15) is 9.59 Å². The van der Waals surface area contributed by atoms with Crippen LogP contribution in [0, 0.1) is 0 Å². The molecule has 3 N–H and O–H groups in total. The molecule has 1 aromatic rings. The summed E-state index contributed by atoms with van der Waals surface area (Å²) in [5.74, 6) is -0.353. The fourth-order valence-electron chi connectivity index (χ4n) is 1.27. The van der Waals surface area contributed by atoms with Gasteiger partial charge in [0, 0.05) is 11.4 Å². The zero-order valence-corrected chi connectivity index (χ0v) is 12.4. The van der Waals surface area contributed by atoms with Gasteiger partial charge < -0.3 is 16.0 Å². The summed E-state index contributed by atoms with van der Waals surface area (Å²) in [6.07, 6.45) is 0. The minimum atomic E-state index is -0.184. The molecule has 0 aliphatic carbocycles. The van der Waals surface area contributed by atoms with Crippen LogP contribution in [-0.2, 0) is 9.59 Å². The van der Waals surface area contributed by atoms with Gasteiger partial charge in [-0.15, -0.1) is 12.4 Å². The maximum absolute atomic E-state index is 11.5. The molecule has 2 amide bonds. The molecule has 5 nitrogen and oxygen atoms in total. The summed E-state index contributed by atoms with van der Waals surface area (Å²) in [7, 11) is 1.69. The van der Waals surface area contributed by atoms with Crippen LogP contribution >= 0.6 is 28.3 Å². The van der Waals surface area contributed by atoms with Gasteiger partial charge >= 0.3 is 0 Å². The van der Waals surface area contributed by atoms with Crippen molar-refractivity contribution < 1.29 is 9.59 Å². The highest BCUT2D eigenvalue weighted by molar-refractivity contribution is 9.10. The van der Waals surface area contributed by atoms with Crippen molar-refractivity contribution in [3.05, 3.63) is 22.7 Å². The molecule has 0 bridgehead atoms. The van der Waals surface area contributed by atoms with Crippen LogP contribution in [0.1, 0.15) is 6.92 Å². The number of anilines is 2. The van der Waals surface area contributed by atoms with Crippen molar-refractivity contribution in [1.82, 2.24) is 5.32 Å². The third-order valence-electron chi connectivity index (χ3n) is 1.90. The Kier molecular flexibility index (Phi) is 7.58.